The van der Waals surface area contributed by atoms with Crippen LogP contribution in [0.1, 0.15) is 59.6 Å². The number of aromatic hydroxyl groups is 1. The molecule has 0 saturated carbocycles. The van der Waals surface area contributed by atoms with Crippen molar-refractivity contribution in [1.82, 2.24) is 0 Å². The van der Waals surface area contributed by atoms with E-state index < -0.39 is 51.7 Å². The maximum atomic E-state index is 14.8. The number of phenolic OH excluding ortho intramolecular Hbond substituents is 1. The first-order valence-corrected chi connectivity index (χ1v) is 11.5. The van der Waals surface area contributed by atoms with Gasteiger partial charge in [0.05, 0.1) is 11.4 Å². The van der Waals surface area contributed by atoms with Gasteiger partial charge in [-0.3, -0.25) is 0 Å². The number of alkyl halides is 6. The molecular formula is C27H32F6N2O3. The Labute approximate surface area is 217 Å². The van der Waals surface area contributed by atoms with Crippen LogP contribution in [-0.4, -0.2) is 34.5 Å². The molecule has 2 aromatic rings. The van der Waals surface area contributed by atoms with Crippen LogP contribution in [0.3, 0.4) is 0 Å². The second-order valence-electron chi connectivity index (χ2n) is 11.1. The third kappa shape index (κ3) is 6.54. The van der Waals surface area contributed by atoms with Crippen LogP contribution in [0.25, 0.3) is 0 Å². The quantitative estimate of drug-likeness (QED) is 0.114. The van der Waals surface area contributed by atoms with Gasteiger partial charge >= 0.3 is 18.3 Å². The number of phenols is 1. The van der Waals surface area contributed by atoms with Crippen LogP contribution in [0, 0.1) is 0 Å². The molecule has 0 saturated heterocycles. The Hall–Kier alpha value is -3.37. The van der Waals surface area contributed by atoms with E-state index in [1.165, 1.54) is 6.92 Å². The average Bonchev–Trinajstić information content (AvgIpc) is 2.68. The number of benzene rings is 2. The van der Waals surface area contributed by atoms with Gasteiger partial charge in [0.15, 0.2) is 5.75 Å². The van der Waals surface area contributed by atoms with E-state index in [-0.39, 0.29) is 22.7 Å². The first-order chi connectivity index (χ1) is 17.0. The molecule has 0 bridgehead atoms. The molecule has 5 nitrogen and oxygen atoms in total. The number of rotatable bonds is 6. The number of hydrogen-bond acceptors (Lipinski definition) is 5. The van der Waals surface area contributed by atoms with Crippen molar-refractivity contribution >= 4 is 17.3 Å². The highest BCUT2D eigenvalue weighted by molar-refractivity contribution is 5.89. The van der Waals surface area contributed by atoms with Crippen molar-refractivity contribution in [3.8, 4) is 11.5 Å². The van der Waals surface area contributed by atoms with E-state index in [9.17, 15) is 36.2 Å². The Bertz CT molecular complexity index is 1190. The normalized spacial score (nSPS) is 13.2. The molecule has 0 amide bonds. The van der Waals surface area contributed by atoms with E-state index in [0.29, 0.717) is 24.3 Å². The van der Waals surface area contributed by atoms with Gasteiger partial charge in [0.1, 0.15) is 5.75 Å². The smallest absolute Gasteiger partial charge is 0.411 e. The van der Waals surface area contributed by atoms with Crippen molar-refractivity contribution in [3.63, 3.8) is 0 Å². The number of carbonyl (C=O) groups excluding carboxylic acids is 1. The first-order valence-electron chi connectivity index (χ1n) is 11.5. The number of ether oxygens (including phenoxy) is 1. The van der Waals surface area contributed by atoms with Crippen molar-refractivity contribution in [2.75, 3.05) is 10.6 Å². The summed E-state index contributed by atoms with van der Waals surface area (Å²) in [6.07, 6.45) is -11.7. The fourth-order valence-corrected chi connectivity index (χ4v) is 3.80. The predicted octanol–water partition coefficient (Wildman–Crippen LogP) is 7.71. The van der Waals surface area contributed by atoms with Crippen molar-refractivity contribution in [3.05, 3.63) is 59.7 Å². The summed E-state index contributed by atoms with van der Waals surface area (Å²) < 4.78 is 93.9. The van der Waals surface area contributed by atoms with Crippen LogP contribution in [0.5, 0.6) is 11.5 Å². The lowest BCUT2D eigenvalue weighted by atomic mass is 9.72. The Morgan fingerprint density at radius 1 is 0.789 bits per heavy atom. The third-order valence-corrected chi connectivity index (χ3v) is 5.26. The van der Waals surface area contributed by atoms with Crippen LogP contribution in [-0.2, 0) is 10.2 Å². The third-order valence-electron chi connectivity index (χ3n) is 5.26. The van der Waals surface area contributed by atoms with Crippen molar-refractivity contribution in [1.29, 1.82) is 0 Å². The molecule has 0 heterocycles. The summed E-state index contributed by atoms with van der Waals surface area (Å²) in [6, 6.07) is 4.21. The number of nitrogens with one attached hydrogen (secondary N) is 2. The van der Waals surface area contributed by atoms with Crippen LogP contribution < -0.4 is 15.4 Å². The fourth-order valence-electron chi connectivity index (χ4n) is 3.80. The second-order valence-corrected chi connectivity index (χ2v) is 11.1. The molecule has 0 aliphatic carbocycles. The topological polar surface area (TPSA) is 70.6 Å². The summed E-state index contributed by atoms with van der Waals surface area (Å²) in [5.74, 6) is -1.68. The maximum Gasteiger partial charge on any atom is 0.411 e. The van der Waals surface area contributed by atoms with Gasteiger partial charge in [-0.2, -0.15) is 26.3 Å². The van der Waals surface area contributed by atoms with Gasteiger partial charge in [-0.25, -0.2) is 4.79 Å². The van der Waals surface area contributed by atoms with E-state index in [4.69, 9.17) is 4.74 Å². The zero-order valence-corrected chi connectivity index (χ0v) is 22.2. The number of halogens is 6. The Balaban J connectivity index is 2.96. The molecule has 2 aromatic carbocycles. The molecule has 0 aliphatic rings. The Morgan fingerprint density at radius 2 is 1.21 bits per heavy atom. The average molecular weight is 547 g/mol. The fraction of sp³-hybridized carbons (Fsp3) is 0.444. The largest absolute Gasteiger partial charge is 0.506 e. The molecule has 3 N–H and O–H groups in total. The van der Waals surface area contributed by atoms with E-state index in [2.05, 4.69) is 17.2 Å². The second kappa shape index (κ2) is 10.1. The molecule has 2 rings (SSSR count). The van der Waals surface area contributed by atoms with Crippen LogP contribution in [0.15, 0.2) is 48.6 Å². The minimum atomic E-state index is -5.86. The van der Waals surface area contributed by atoms with Crippen LogP contribution in [0.4, 0.5) is 37.7 Å². The maximum absolute atomic E-state index is 14.8. The Morgan fingerprint density at radius 3 is 1.63 bits per heavy atom. The van der Waals surface area contributed by atoms with Gasteiger partial charge in [0, 0.05) is 16.7 Å². The summed E-state index contributed by atoms with van der Waals surface area (Å²) in [7, 11) is 0. The van der Waals surface area contributed by atoms with E-state index >= 15 is 0 Å². The van der Waals surface area contributed by atoms with Gasteiger partial charge in [0.25, 0.3) is 0 Å². The van der Waals surface area contributed by atoms with E-state index in [0.717, 1.165) is 12.1 Å². The molecule has 210 valence electrons. The van der Waals surface area contributed by atoms with Crippen LogP contribution in [0.2, 0.25) is 0 Å². The standard InChI is InChI=1S/C27H32F6N2O3/c1-15(2)22(37)38-21-12-10-17(14-19(21)35-24(6,7)8)25(26(28,29)30,27(31,32)33)16-9-11-20(36)18(13-16)34-23(3,4)5/h9-14,34-36H,1H2,2-8H3. The monoisotopic (exact) mass is 546 g/mol. The summed E-state index contributed by atoms with van der Waals surface area (Å²) in [6.45, 7) is 14.6. The predicted molar refractivity (Wildman–Crippen MR) is 135 cm³/mol. The lowest BCUT2D eigenvalue weighted by Gasteiger charge is -2.39. The highest BCUT2D eigenvalue weighted by Gasteiger charge is 2.72. The molecule has 0 unspecified atom stereocenters. The summed E-state index contributed by atoms with van der Waals surface area (Å²) >= 11 is 0. The molecule has 0 radical (unpaired) electrons. The number of hydrogen-bond donors (Lipinski definition) is 3. The van der Waals surface area contributed by atoms with E-state index in [1.54, 1.807) is 41.5 Å². The number of anilines is 2. The molecule has 11 heteroatoms. The highest BCUT2D eigenvalue weighted by atomic mass is 19.4. The summed E-state index contributed by atoms with van der Waals surface area (Å²) in [4.78, 5) is 12.1. The minimum Gasteiger partial charge on any atom is -0.506 e. The minimum absolute atomic E-state index is 0.0151. The molecule has 0 aliphatic heterocycles. The highest BCUT2D eigenvalue weighted by Crippen LogP contribution is 2.57. The van der Waals surface area contributed by atoms with Gasteiger partial charge < -0.3 is 20.5 Å². The SMILES string of the molecule is C=C(C)C(=O)Oc1ccc(C(c2ccc(O)c(NC(C)(C)C)c2)(C(F)(F)F)C(F)(F)F)cc1NC(C)(C)C. The van der Waals surface area contributed by atoms with Crippen molar-refractivity contribution in [2.45, 2.75) is 77.3 Å². The van der Waals surface area contributed by atoms with Crippen LogP contribution >= 0.6 is 0 Å². The molecule has 0 aromatic heterocycles. The number of esters is 1. The van der Waals surface area contributed by atoms with Crippen molar-refractivity contribution in [2.24, 2.45) is 0 Å². The van der Waals surface area contributed by atoms with E-state index in [1.807, 2.05) is 0 Å². The zero-order valence-electron chi connectivity index (χ0n) is 22.2. The molecule has 38 heavy (non-hydrogen) atoms. The molecule has 0 fully saturated rings. The molecule has 0 atom stereocenters. The van der Waals surface area contributed by atoms with Gasteiger partial charge in [-0.15, -0.1) is 0 Å². The molecule has 0 spiro atoms. The molecular weight excluding hydrogens is 514 g/mol. The van der Waals surface area contributed by atoms with Gasteiger partial charge in [0.2, 0.25) is 5.41 Å². The van der Waals surface area contributed by atoms with Gasteiger partial charge in [-0.05, 0) is 83.9 Å². The summed E-state index contributed by atoms with van der Waals surface area (Å²) in [5.41, 5.74) is -8.99. The summed E-state index contributed by atoms with van der Waals surface area (Å²) in [5, 5.41) is 15.7. The first kappa shape index (κ1) is 30.9. The number of carbonyl (C=O) groups is 1. The zero-order chi connectivity index (χ0) is 29.5. The lowest BCUT2D eigenvalue weighted by molar-refractivity contribution is -0.288. The van der Waals surface area contributed by atoms with Gasteiger partial charge in [-0.1, -0.05) is 18.7 Å². The van der Waals surface area contributed by atoms with Crippen molar-refractivity contribution < 1.29 is 41.0 Å². The Kier molecular flexibility index (Phi) is 8.18. The lowest BCUT2D eigenvalue weighted by Crippen LogP contribution is -2.54.